The molecule has 3 nitrogen and oxygen atoms in total. The van der Waals surface area contributed by atoms with Crippen LogP contribution in [0, 0.1) is 5.82 Å². The van der Waals surface area contributed by atoms with Gasteiger partial charge in [-0.1, -0.05) is 11.6 Å². The summed E-state index contributed by atoms with van der Waals surface area (Å²) in [6, 6.07) is 5.53. The SMILES string of the molecule is Cn1ccc(C(O)c2cc(F)ccc2Cl)n1. The Hall–Kier alpha value is -1.39. The van der Waals surface area contributed by atoms with E-state index in [1.54, 1.807) is 24.0 Å². The van der Waals surface area contributed by atoms with Gasteiger partial charge in [0.15, 0.2) is 0 Å². The molecule has 0 fully saturated rings. The zero-order valence-corrected chi connectivity index (χ0v) is 9.32. The lowest BCUT2D eigenvalue weighted by Crippen LogP contribution is -2.03. The van der Waals surface area contributed by atoms with Gasteiger partial charge in [-0.2, -0.15) is 5.10 Å². The van der Waals surface area contributed by atoms with E-state index in [1.807, 2.05) is 0 Å². The normalized spacial score (nSPS) is 12.8. The summed E-state index contributed by atoms with van der Waals surface area (Å²) in [6.45, 7) is 0. The molecule has 1 aromatic heterocycles. The smallest absolute Gasteiger partial charge is 0.124 e. The number of halogens is 2. The van der Waals surface area contributed by atoms with Crippen molar-refractivity contribution in [1.82, 2.24) is 9.78 Å². The van der Waals surface area contributed by atoms with Crippen molar-refractivity contribution in [2.24, 2.45) is 7.05 Å². The van der Waals surface area contributed by atoms with Crippen LogP contribution in [0.2, 0.25) is 5.02 Å². The average Bonchev–Trinajstić information content (AvgIpc) is 2.67. The highest BCUT2D eigenvalue weighted by molar-refractivity contribution is 6.31. The van der Waals surface area contributed by atoms with Gasteiger partial charge in [0.1, 0.15) is 11.9 Å². The van der Waals surface area contributed by atoms with Crippen molar-refractivity contribution in [3.8, 4) is 0 Å². The molecule has 1 aromatic carbocycles. The van der Waals surface area contributed by atoms with E-state index >= 15 is 0 Å². The van der Waals surface area contributed by atoms with Crippen LogP contribution in [0.1, 0.15) is 17.4 Å². The summed E-state index contributed by atoms with van der Waals surface area (Å²) < 4.78 is 14.6. The highest BCUT2D eigenvalue weighted by Gasteiger charge is 2.16. The average molecular weight is 241 g/mol. The molecule has 0 saturated heterocycles. The predicted octanol–water partition coefficient (Wildman–Crippen LogP) is 2.29. The third-order valence-corrected chi connectivity index (χ3v) is 2.61. The van der Waals surface area contributed by atoms with Crippen molar-refractivity contribution in [2.45, 2.75) is 6.10 Å². The van der Waals surface area contributed by atoms with Gasteiger partial charge >= 0.3 is 0 Å². The first-order valence-corrected chi connectivity index (χ1v) is 5.08. The maximum absolute atomic E-state index is 13.0. The fraction of sp³-hybridized carbons (Fsp3) is 0.182. The Bertz CT molecular complexity index is 512. The molecule has 2 rings (SSSR count). The van der Waals surface area contributed by atoms with Gasteiger partial charge in [0, 0.05) is 23.8 Å². The Labute approximate surface area is 97.1 Å². The lowest BCUT2D eigenvalue weighted by Gasteiger charge is -2.10. The summed E-state index contributed by atoms with van der Waals surface area (Å²) in [5.41, 5.74) is 0.760. The van der Waals surface area contributed by atoms with Gasteiger partial charge in [-0.25, -0.2) is 4.39 Å². The van der Waals surface area contributed by atoms with Crippen LogP contribution in [0.15, 0.2) is 30.5 Å². The second-order valence-corrected chi connectivity index (χ2v) is 3.89. The molecule has 0 saturated carbocycles. The lowest BCUT2D eigenvalue weighted by atomic mass is 10.1. The maximum Gasteiger partial charge on any atom is 0.124 e. The monoisotopic (exact) mass is 240 g/mol. The Balaban J connectivity index is 2.40. The molecular weight excluding hydrogens is 231 g/mol. The van der Waals surface area contributed by atoms with Gasteiger partial charge < -0.3 is 5.11 Å². The lowest BCUT2D eigenvalue weighted by molar-refractivity contribution is 0.214. The Kier molecular flexibility index (Phi) is 2.94. The van der Waals surface area contributed by atoms with Crippen LogP contribution in [0.3, 0.4) is 0 Å². The third-order valence-electron chi connectivity index (χ3n) is 2.27. The van der Waals surface area contributed by atoms with Crippen molar-refractivity contribution in [3.05, 3.63) is 52.6 Å². The van der Waals surface area contributed by atoms with E-state index < -0.39 is 11.9 Å². The van der Waals surface area contributed by atoms with Gasteiger partial charge in [-0.05, 0) is 24.3 Å². The summed E-state index contributed by atoms with van der Waals surface area (Å²) in [4.78, 5) is 0. The van der Waals surface area contributed by atoms with Crippen molar-refractivity contribution < 1.29 is 9.50 Å². The molecule has 84 valence electrons. The molecule has 0 bridgehead atoms. The highest BCUT2D eigenvalue weighted by Crippen LogP contribution is 2.27. The molecule has 0 radical (unpaired) electrons. The fourth-order valence-corrected chi connectivity index (χ4v) is 1.68. The molecule has 1 N–H and O–H groups in total. The quantitative estimate of drug-likeness (QED) is 0.875. The van der Waals surface area contributed by atoms with Crippen LogP contribution in [-0.4, -0.2) is 14.9 Å². The van der Waals surface area contributed by atoms with Crippen LogP contribution in [0.5, 0.6) is 0 Å². The second kappa shape index (κ2) is 4.23. The summed E-state index contributed by atoms with van der Waals surface area (Å²) in [5.74, 6) is -0.436. The molecule has 2 aromatic rings. The van der Waals surface area contributed by atoms with Gasteiger partial charge in [-0.15, -0.1) is 0 Å². The number of aryl methyl sites for hydroxylation is 1. The van der Waals surface area contributed by atoms with E-state index in [0.29, 0.717) is 16.3 Å². The molecule has 5 heteroatoms. The third kappa shape index (κ3) is 2.08. The van der Waals surface area contributed by atoms with Crippen LogP contribution < -0.4 is 0 Å². The highest BCUT2D eigenvalue weighted by atomic mass is 35.5. The standard InChI is InChI=1S/C11H10ClFN2O/c1-15-5-4-10(14-15)11(16)8-6-7(13)2-3-9(8)12/h2-6,11,16H,1H3. The molecule has 1 atom stereocenters. The Morgan fingerprint density at radius 1 is 1.44 bits per heavy atom. The van der Waals surface area contributed by atoms with E-state index in [4.69, 9.17) is 11.6 Å². The minimum atomic E-state index is -1.01. The zero-order chi connectivity index (χ0) is 11.7. The first-order chi connectivity index (χ1) is 7.58. The number of aliphatic hydroxyl groups excluding tert-OH is 1. The summed E-state index contributed by atoms with van der Waals surface area (Å²) >= 11 is 5.89. The molecule has 0 amide bonds. The predicted molar refractivity (Wildman–Crippen MR) is 58.7 cm³/mol. The molecule has 1 unspecified atom stereocenters. The molecule has 0 aliphatic rings. The van der Waals surface area contributed by atoms with Crippen LogP contribution in [0.25, 0.3) is 0 Å². The first kappa shape index (κ1) is 11.1. The van der Waals surface area contributed by atoms with Crippen molar-refractivity contribution in [2.75, 3.05) is 0 Å². The summed E-state index contributed by atoms with van der Waals surface area (Å²) in [7, 11) is 1.74. The number of nitrogens with zero attached hydrogens (tertiary/aromatic N) is 2. The number of rotatable bonds is 2. The second-order valence-electron chi connectivity index (χ2n) is 3.48. The number of benzene rings is 1. The summed E-state index contributed by atoms with van der Waals surface area (Å²) in [6.07, 6.45) is 0.690. The van der Waals surface area contributed by atoms with Crippen LogP contribution in [0.4, 0.5) is 4.39 Å². The maximum atomic E-state index is 13.0. The largest absolute Gasteiger partial charge is 0.382 e. The van der Waals surface area contributed by atoms with Gasteiger partial charge in [-0.3, -0.25) is 4.68 Å². The van der Waals surface area contributed by atoms with Gasteiger partial charge in [0.25, 0.3) is 0 Å². The Morgan fingerprint density at radius 2 is 2.19 bits per heavy atom. The van der Waals surface area contributed by atoms with E-state index in [1.165, 1.54) is 18.2 Å². The number of aliphatic hydroxyl groups is 1. The van der Waals surface area contributed by atoms with Crippen LogP contribution >= 0.6 is 11.6 Å². The van der Waals surface area contributed by atoms with Gasteiger partial charge in [0.05, 0.1) is 5.69 Å². The summed E-state index contributed by atoms with van der Waals surface area (Å²) in [5, 5.41) is 14.3. The molecule has 16 heavy (non-hydrogen) atoms. The van der Waals surface area contributed by atoms with Crippen molar-refractivity contribution in [3.63, 3.8) is 0 Å². The van der Waals surface area contributed by atoms with E-state index in [-0.39, 0.29) is 0 Å². The fourth-order valence-electron chi connectivity index (χ4n) is 1.46. The Morgan fingerprint density at radius 3 is 2.81 bits per heavy atom. The van der Waals surface area contributed by atoms with Gasteiger partial charge in [0.2, 0.25) is 0 Å². The molecule has 0 spiro atoms. The van der Waals surface area contributed by atoms with E-state index in [9.17, 15) is 9.50 Å². The van der Waals surface area contributed by atoms with Crippen molar-refractivity contribution >= 4 is 11.6 Å². The van der Waals surface area contributed by atoms with E-state index in [0.717, 1.165) is 0 Å². The molecule has 0 aliphatic carbocycles. The number of hydrogen-bond acceptors (Lipinski definition) is 2. The minimum absolute atomic E-state index is 0.319. The van der Waals surface area contributed by atoms with E-state index in [2.05, 4.69) is 5.10 Å². The first-order valence-electron chi connectivity index (χ1n) is 4.70. The molecule has 1 heterocycles. The van der Waals surface area contributed by atoms with Crippen LogP contribution in [-0.2, 0) is 7.05 Å². The zero-order valence-electron chi connectivity index (χ0n) is 8.56. The topological polar surface area (TPSA) is 38.0 Å². The molecule has 0 aliphatic heterocycles. The minimum Gasteiger partial charge on any atom is -0.382 e. The van der Waals surface area contributed by atoms with Crippen molar-refractivity contribution in [1.29, 1.82) is 0 Å². The number of hydrogen-bond donors (Lipinski definition) is 1. The number of aromatic nitrogens is 2. The molecular formula is C11H10ClFN2O.